The van der Waals surface area contributed by atoms with Crippen molar-refractivity contribution in [3.05, 3.63) is 59.6 Å². The summed E-state index contributed by atoms with van der Waals surface area (Å²) in [7, 11) is 0. The van der Waals surface area contributed by atoms with Crippen LogP contribution in [0.2, 0.25) is 0 Å². The van der Waals surface area contributed by atoms with Crippen LogP contribution in [0.1, 0.15) is 11.3 Å². The fraction of sp³-hybridized carbons (Fsp3) is 0.125. The number of carbonyl (C=O) groups is 1. The molecular weight excluding hydrogens is 368 g/mol. The van der Waals surface area contributed by atoms with Gasteiger partial charge in [-0.25, -0.2) is 0 Å². The topological polar surface area (TPSA) is 62.8 Å². The molecule has 138 valence electrons. The molecule has 0 saturated heterocycles. The van der Waals surface area contributed by atoms with Crippen molar-refractivity contribution in [3.63, 3.8) is 0 Å². The molecule has 0 spiro atoms. The van der Waals surface area contributed by atoms with Gasteiger partial charge in [0.25, 0.3) is 5.78 Å². The summed E-state index contributed by atoms with van der Waals surface area (Å²) in [6, 6.07) is 5.76. The van der Waals surface area contributed by atoms with E-state index in [0.29, 0.717) is 12.3 Å². The maximum atomic E-state index is 12.7. The summed E-state index contributed by atoms with van der Waals surface area (Å²) < 4.78 is 80.8. The molecule has 2 aromatic rings. The Hall–Kier alpha value is -3.04. The minimum atomic E-state index is -5.34. The molecule has 10 heteroatoms. The summed E-state index contributed by atoms with van der Waals surface area (Å²) in [5.41, 5.74) is -2.71. The number of Topliss-reactive ketones (excluding diaryl/α,β-unsaturated/α-hetero) is 1. The van der Waals surface area contributed by atoms with Crippen LogP contribution >= 0.6 is 0 Å². The summed E-state index contributed by atoms with van der Waals surface area (Å²) in [4.78, 5) is 14.9. The third kappa shape index (κ3) is 4.52. The summed E-state index contributed by atoms with van der Waals surface area (Å²) in [6.07, 6.45) is -8.63. The number of furan rings is 1. The zero-order valence-electron chi connectivity index (χ0n) is 12.6. The molecule has 1 aromatic heterocycles. The molecule has 0 aliphatic carbocycles. The fourth-order valence-corrected chi connectivity index (χ4v) is 1.83. The van der Waals surface area contributed by atoms with Crippen LogP contribution in [-0.2, 0) is 11.0 Å². The first kappa shape index (κ1) is 19.3. The van der Waals surface area contributed by atoms with E-state index in [1.807, 2.05) is 0 Å². The van der Waals surface area contributed by atoms with Gasteiger partial charge in [0.15, 0.2) is 11.5 Å². The Morgan fingerprint density at radius 2 is 1.77 bits per heavy atom. The van der Waals surface area contributed by atoms with E-state index in [1.54, 1.807) is 0 Å². The second-order valence-electron chi connectivity index (χ2n) is 4.87. The Morgan fingerprint density at radius 3 is 2.31 bits per heavy atom. The van der Waals surface area contributed by atoms with Crippen molar-refractivity contribution in [2.24, 2.45) is 4.99 Å². The number of carbonyl (C=O) groups excluding carboxylic acids is 1. The van der Waals surface area contributed by atoms with Gasteiger partial charge in [-0.3, -0.25) is 9.79 Å². The van der Waals surface area contributed by atoms with E-state index in [9.17, 15) is 36.2 Å². The molecule has 1 heterocycles. The second-order valence-corrected chi connectivity index (χ2v) is 4.87. The number of halogens is 6. The normalized spacial score (nSPS) is 13.8. The molecule has 0 bridgehead atoms. The Balaban J connectivity index is 2.47. The van der Waals surface area contributed by atoms with E-state index in [1.165, 1.54) is 6.07 Å². The van der Waals surface area contributed by atoms with E-state index in [-0.39, 0.29) is 5.69 Å². The van der Waals surface area contributed by atoms with Crippen molar-refractivity contribution in [2.45, 2.75) is 12.4 Å². The molecule has 0 atom stereocenters. The van der Waals surface area contributed by atoms with Crippen molar-refractivity contribution in [2.75, 3.05) is 0 Å². The molecule has 26 heavy (non-hydrogen) atoms. The zero-order chi connectivity index (χ0) is 19.5. The standard InChI is InChI=1S/C16H9F6NO3/c17-15(18,19)9-3-1-4-10(7-9)23-8-11(14(25)16(20,21)22)13(24)12-5-2-6-26-12/h1-8,24H. The van der Waals surface area contributed by atoms with E-state index < -0.39 is 40.8 Å². The van der Waals surface area contributed by atoms with Crippen molar-refractivity contribution in [1.82, 2.24) is 0 Å². The molecular formula is C16H9F6NO3. The van der Waals surface area contributed by atoms with Gasteiger partial charge in [0.05, 0.1) is 23.1 Å². The highest BCUT2D eigenvalue weighted by molar-refractivity contribution is 6.20. The third-order valence-electron chi connectivity index (χ3n) is 3.03. The van der Waals surface area contributed by atoms with Gasteiger partial charge in [0, 0.05) is 6.21 Å². The molecule has 1 aromatic carbocycles. The van der Waals surface area contributed by atoms with Crippen molar-refractivity contribution >= 4 is 23.4 Å². The molecule has 2 rings (SSSR count). The number of benzene rings is 1. The first-order valence-corrected chi connectivity index (χ1v) is 6.80. The predicted molar refractivity (Wildman–Crippen MR) is 78.9 cm³/mol. The Bertz CT molecular complexity index is 848. The van der Waals surface area contributed by atoms with Crippen LogP contribution in [0.3, 0.4) is 0 Å². The number of nitrogens with zero attached hydrogens (tertiary/aromatic N) is 1. The van der Waals surface area contributed by atoms with Gasteiger partial charge in [-0.05, 0) is 30.3 Å². The Labute approximate surface area is 142 Å². The minimum absolute atomic E-state index is 0.336. The lowest BCUT2D eigenvalue weighted by Gasteiger charge is -2.08. The summed E-state index contributed by atoms with van der Waals surface area (Å²) in [6.45, 7) is 0. The van der Waals surface area contributed by atoms with Crippen LogP contribution in [0, 0.1) is 0 Å². The first-order chi connectivity index (χ1) is 12.0. The highest BCUT2D eigenvalue weighted by Gasteiger charge is 2.42. The lowest BCUT2D eigenvalue weighted by Crippen LogP contribution is -2.26. The highest BCUT2D eigenvalue weighted by atomic mass is 19.4. The number of rotatable bonds is 4. The molecule has 0 saturated carbocycles. The molecule has 4 nitrogen and oxygen atoms in total. The van der Waals surface area contributed by atoms with Crippen molar-refractivity contribution < 1.29 is 40.7 Å². The largest absolute Gasteiger partial charge is 0.504 e. The molecule has 1 N–H and O–H groups in total. The van der Waals surface area contributed by atoms with Crippen LogP contribution in [0.5, 0.6) is 0 Å². The number of hydrogen-bond acceptors (Lipinski definition) is 4. The minimum Gasteiger partial charge on any atom is -0.504 e. The Morgan fingerprint density at radius 1 is 1.08 bits per heavy atom. The van der Waals surface area contributed by atoms with Crippen LogP contribution in [0.25, 0.3) is 5.76 Å². The number of aliphatic imine (C=N–C) groups is 1. The van der Waals surface area contributed by atoms with Gasteiger partial charge in [0.1, 0.15) is 0 Å². The number of alkyl halides is 6. The molecule has 0 unspecified atom stereocenters. The fourth-order valence-electron chi connectivity index (χ4n) is 1.83. The van der Waals surface area contributed by atoms with Crippen LogP contribution in [0.4, 0.5) is 32.0 Å². The summed E-state index contributed by atoms with van der Waals surface area (Å²) in [5, 5.41) is 9.86. The number of aliphatic hydroxyl groups excluding tert-OH is 1. The smallest absolute Gasteiger partial charge is 0.455 e. The number of aliphatic hydroxyl groups is 1. The van der Waals surface area contributed by atoms with E-state index in [4.69, 9.17) is 4.42 Å². The molecule has 0 aliphatic rings. The average molecular weight is 377 g/mol. The predicted octanol–water partition coefficient (Wildman–Crippen LogP) is 5.10. The number of allylic oxidation sites excluding steroid dienone is 1. The van der Waals surface area contributed by atoms with Gasteiger partial charge >= 0.3 is 12.4 Å². The van der Waals surface area contributed by atoms with Crippen LogP contribution in [0.15, 0.2) is 57.6 Å². The maximum absolute atomic E-state index is 12.7. The monoisotopic (exact) mass is 377 g/mol. The number of hydrogen-bond donors (Lipinski definition) is 1. The molecule has 0 amide bonds. The van der Waals surface area contributed by atoms with E-state index >= 15 is 0 Å². The average Bonchev–Trinajstić information content (AvgIpc) is 3.07. The maximum Gasteiger partial charge on any atom is 0.455 e. The lowest BCUT2D eigenvalue weighted by molar-refractivity contribution is -0.165. The lowest BCUT2D eigenvalue weighted by atomic mass is 10.1. The van der Waals surface area contributed by atoms with Crippen LogP contribution in [-0.4, -0.2) is 23.3 Å². The van der Waals surface area contributed by atoms with Crippen molar-refractivity contribution in [3.8, 4) is 0 Å². The zero-order valence-corrected chi connectivity index (χ0v) is 12.6. The third-order valence-corrected chi connectivity index (χ3v) is 3.03. The molecule has 0 aliphatic heterocycles. The quantitative estimate of drug-likeness (QED) is 0.349. The number of ketones is 1. The van der Waals surface area contributed by atoms with Gasteiger partial charge in [-0.1, -0.05) is 6.07 Å². The van der Waals surface area contributed by atoms with Crippen molar-refractivity contribution in [1.29, 1.82) is 0 Å². The highest BCUT2D eigenvalue weighted by Crippen LogP contribution is 2.31. The van der Waals surface area contributed by atoms with Gasteiger partial charge < -0.3 is 9.52 Å². The van der Waals surface area contributed by atoms with E-state index in [2.05, 4.69) is 4.99 Å². The van der Waals surface area contributed by atoms with Gasteiger partial charge in [-0.2, -0.15) is 26.3 Å². The molecule has 0 radical (unpaired) electrons. The van der Waals surface area contributed by atoms with E-state index in [0.717, 1.165) is 30.5 Å². The Kier molecular flexibility index (Phi) is 5.24. The van der Waals surface area contributed by atoms with Crippen LogP contribution < -0.4 is 0 Å². The summed E-state index contributed by atoms with van der Waals surface area (Å²) >= 11 is 0. The SMILES string of the molecule is O=C(C(C=Nc1cccc(C(F)(F)F)c1)=C(O)c1ccco1)C(F)(F)F. The second kappa shape index (κ2) is 7.06. The molecule has 0 fully saturated rings. The van der Waals surface area contributed by atoms with Gasteiger partial charge in [-0.15, -0.1) is 0 Å². The first-order valence-electron chi connectivity index (χ1n) is 6.80. The van der Waals surface area contributed by atoms with Gasteiger partial charge in [0.2, 0.25) is 0 Å². The summed E-state index contributed by atoms with van der Waals surface area (Å²) in [5.74, 6) is -4.01.